The Morgan fingerprint density at radius 2 is 1.79 bits per heavy atom. The van der Waals surface area contributed by atoms with Crippen LogP contribution in [0.15, 0.2) is 65.9 Å². The number of benzene rings is 2. The van der Waals surface area contributed by atoms with E-state index in [1.54, 1.807) is 31.2 Å². The molecule has 0 aromatic heterocycles. The molecule has 6 nitrogen and oxygen atoms in total. The lowest BCUT2D eigenvalue weighted by molar-refractivity contribution is -0.139. The minimum absolute atomic E-state index is 0.247. The van der Waals surface area contributed by atoms with Crippen LogP contribution in [0.4, 0.5) is 4.79 Å². The van der Waals surface area contributed by atoms with Gasteiger partial charge in [0.15, 0.2) is 0 Å². The molecule has 29 heavy (non-hydrogen) atoms. The molecule has 2 amide bonds. The Kier molecular flexibility index (Phi) is 6.90. The molecular formula is C22H24ClN3O3. The molecule has 0 bridgehead atoms. The molecule has 2 aromatic rings. The number of carbonyl (C=O) groups excluding carboxylic acids is 2. The zero-order valence-corrected chi connectivity index (χ0v) is 17.2. The number of esters is 1. The maximum Gasteiger partial charge on any atom is 0.338 e. The molecular weight excluding hydrogens is 390 g/mol. The van der Waals surface area contributed by atoms with E-state index in [0.29, 0.717) is 29.4 Å². The Balaban J connectivity index is 1.93. The summed E-state index contributed by atoms with van der Waals surface area (Å²) in [6.45, 7) is 3.07. The molecule has 1 aliphatic heterocycles. The Hall–Kier alpha value is -2.83. The van der Waals surface area contributed by atoms with Gasteiger partial charge in [-0.15, -0.1) is 0 Å². The highest BCUT2D eigenvalue weighted by atomic mass is 35.5. The second-order valence-corrected chi connectivity index (χ2v) is 7.29. The van der Waals surface area contributed by atoms with E-state index in [1.807, 2.05) is 42.3 Å². The van der Waals surface area contributed by atoms with Crippen LogP contribution in [0.5, 0.6) is 0 Å². The van der Waals surface area contributed by atoms with Gasteiger partial charge in [0.05, 0.1) is 18.2 Å². The van der Waals surface area contributed by atoms with E-state index in [2.05, 4.69) is 10.6 Å². The van der Waals surface area contributed by atoms with Crippen molar-refractivity contribution in [2.45, 2.75) is 19.5 Å². The molecule has 0 aliphatic carbocycles. The molecule has 3 rings (SSSR count). The van der Waals surface area contributed by atoms with Gasteiger partial charge in [-0.2, -0.15) is 0 Å². The highest BCUT2D eigenvalue weighted by molar-refractivity contribution is 6.30. The summed E-state index contributed by atoms with van der Waals surface area (Å²) in [5.41, 5.74) is 2.83. The quantitative estimate of drug-likeness (QED) is 0.680. The first-order valence-corrected chi connectivity index (χ1v) is 9.81. The molecule has 0 saturated heterocycles. The minimum Gasteiger partial charge on any atom is -0.463 e. The van der Waals surface area contributed by atoms with Gasteiger partial charge in [-0.25, -0.2) is 9.59 Å². The second kappa shape index (κ2) is 9.58. The van der Waals surface area contributed by atoms with Gasteiger partial charge in [0.2, 0.25) is 0 Å². The lowest BCUT2D eigenvalue weighted by Gasteiger charge is -2.31. The highest BCUT2D eigenvalue weighted by Crippen LogP contribution is 2.29. The van der Waals surface area contributed by atoms with Crippen LogP contribution in [0.3, 0.4) is 0 Å². The van der Waals surface area contributed by atoms with Crippen molar-refractivity contribution in [3.63, 3.8) is 0 Å². The second-order valence-electron chi connectivity index (χ2n) is 6.85. The molecule has 7 heteroatoms. The summed E-state index contributed by atoms with van der Waals surface area (Å²) in [5.74, 6) is -0.455. The molecule has 2 N–H and O–H groups in total. The summed E-state index contributed by atoms with van der Waals surface area (Å²) in [6.07, 6.45) is 0. The predicted octanol–water partition coefficient (Wildman–Crippen LogP) is 3.64. The number of rotatable bonds is 7. The fraction of sp³-hybridized carbons (Fsp3) is 0.273. The molecule has 1 aliphatic rings. The van der Waals surface area contributed by atoms with E-state index in [0.717, 1.165) is 11.1 Å². The van der Waals surface area contributed by atoms with Crippen LogP contribution in [-0.2, 0) is 16.1 Å². The van der Waals surface area contributed by atoms with Crippen LogP contribution in [0.2, 0.25) is 5.02 Å². The monoisotopic (exact) mass is 413 g/mol. The van der Waals surface area contributed by atoms with Gasteiger partial charge in [-0.1, -0.05) is 54.1 Å². The summed E-state index contributed by atoms with van der Waals surface area (Å²) in [6, 6.07) is 16.1. The summed E-state index contributed by atoms with van der Waals surface area (Å²) in [5, 5.41) is 6.20. The number of urea groups is 1. The molecule has 0 radical (unpaired) electrons. The smallest absolute Gasteiger partial charge is 0.338 e. The van der Waals surface area contributed by atoms with E-state index in [4.69, 9.17) is 16.3 Å². The van der Waals surface area contributed by atoms with Crippen molar-refractivity contribution < 1.29 is 14.3 Å². The average molecular weight is 414 g/mol. The summed E-state index contributed by atoms with van der Waals surface area (Å²) < 4.78 is 5.29. The Morgan fingerprint density at radius 1 is 1.10 bits per heavy atom. The zero-order valence-electron chi connectivity index (χ0n) is 16.4. The summed E-state index contributed by atoms with van der Waals surface area (Å²) in [7, 11) is 1.94. The van der Waals surface area contributed by atoms with Gasteiger partial charge < -0.3 is 15.4 Å². The van der Waals surface area contributed by atoms with E-state index in [-0.39, 0.29) is 12.6 Å². The molecule has 0 saturated carbocycles. The third-order valence-electron chi connectivity index (χ3n) is 4.58. The average Bonchev–Trinajstić information content (AvgIpc) is 2.69. The SMILES string of the molecule is CCOC(=O)C1=C(CN(C)Cc2ccccc2)NC(=O)N[C@@H]1c1ccc(Cl)cc1. The zero-order chi connectivity index (χ0) is 20.8. The van der Waals surface area contributed by atoms with E-state index < -0.39 is 12.0 Å². The van der Waals surface area contributed by atoms with Crippen LogP contribution < -0.4 is 10.6 Å². The van der Waals surface area contributed by atoms with Gasteiger partial charge >= 0.3 is 12.0 Å². The number of carbonyl (C=O) groups is 2. The predicted molar refractivity (Wildman–Crippen MR) is 112 cm³/mol. The van der Waals surface area contributed by atoms with Crippen molar-refractivity contribution in [1.82, 2.24) is 15.5 Å². The first-order chi connectivity index (χ1) is 14.0. The first kappa shape index (κ1) is 20.9. The number of nitrogens with one attached hydrogen (secondary N) is 2. The molecule has 0 spiro atoms. The summed E-state index contributed by atoms with van der Waals surface area (Å²) in [4.78, 5) is 27.2. The maximum absolute atomic E-state index is 12.8. The van der Waals surface area contributed by atoms with Crippen LogP contribution >= 0.6 is 11.6 Å². The van der Waals surface area contributed by atoms with Gasteiger partial charge in [0.1, 0.15) is 0 Å². The number of ether oxygens (including phenoxy) is 1. The molecule has 0 fully saturated rings. The minimum atomic E-state index is -0.611. The van der Waals surface area contributed by atoms with Crippen LogP contribution in [0, 0.1) is 0 Å². The van der Waals surface area contributed by atoms with Crippen LogP contribution in [0.1, 0.15) is 24.1 Å². The van der Waals surface area contributed by atoms with Crippen molar-refractivity contribution in [2.24, 2.45) is 0 Å². The number of hydrogen-bond donors (Lipinski definition) is 2. The van der Waals surface area contributed by atoms with Gasteiger partial charge in [0, 0.05) is 23.8 Å². The van der Waals surface area contributed by atoms with Crippen molar-refractivity contribution in [1.29, 1.82) is 0 Å². The lowest BCUT2D eigenvalue weighted by Crippen LogP contribution is -2.48. The number of amides is 2. The molecule has 0 unspecified atom stereocenters. The molecule has 2 aromatic carbocycles. The molecule has 1 atom stereocenters. The fourth-order valence-electron chi connectivity index (χ4n) is 3.32. The van der Waals surface area contributed by atoms with Gasteiger partial charge in [-0.05, 0) is 37.2 Å². The fourth-order valence-corrected chi connectivity index (χ4v) is 3.44. The first-order valence-electron chi connectivity index (χ1n) is 9.43. The Morgan fingerprint density at radius 3 is 2.45 bits per heavy atom. The Labute approximate surface area is 175 Å². The number of hydrogen-bond acceptors (Lipinski definition) is 4. The number of likely N-dealkylation sites (N-methyl/N-ethyl adjacent to an activating group) is 1. The molecule has 1 heterocycles. The van der Waals surface area contributed by atoms with Crippen molar-refractivity contribution in [2.75, 3.05) is 20.2 Å². The van der Waals surface area contributed by atoms with E-state index >= 15 is 0 Å². The lowest BCUT2D eigenvalue weighted by atomic mass is 9.95. The Bertz CT molecular complexity index is 897. The van der Waals surface area contributed by atoms with Crippen molar-refractivity contribution >= 4 is 23.6 Å². The topological polar surface area (TPSA) is 70.7 Å². The highest BCUT2D eigenvalue weighted by Gasteiger charge is 2.34. The third-order valence-corrected chi connectivity index (χ3v) is 4.83. The summed E-state index contributed by atoms with van der Waals surface area (Å²) >= 11 is 5.99. The maximum atomic E-state index is 12.8. The van der Waals surface area contributed by atoms with Gasteiger partial charge in [0.25, 0.3) is 0 Å². The standard InChI is InChI=1S/C22H24ClN3O3/c1-3-29-21(27)19-18(14-26(2)13-15-7-5-4-6-8-15)24-22(28)25-20(19)16-9-11-17(23)12-10-16/h4-12,20H,3,13-14H2,1-2H3,(H2,24,25,28)/t20-/m1/s1. The number of halogens is 1. The molecule has 152 valence electrons. The third kappa shape index (κ3) is 5.37. The van der Waals surface area contributed by atoms with Crippen molar-refractivity contribution in [3.05, 3.63) is 82.0 Å². The largest absolute Gasteiger partial charge is 0.463 e. The van der Waals surface area contributed by atoms with Crippen molar-refractivity contribution in [3.8, 4) is 0 Å². The van der Waals surface area contributed by atoms with Crippen LogP contribution in [-0.4, -0.2) is 37.1 Å². The normalized spacial score (nSPS) is 16.4. The van der Waals surface area contributed by atoms with E-state index in [1.165, 1.54) is 0 Å². The van der Waals surface area contributed by atoms with Gasteiger partial charge in [-0.3, -0.25) is 4.90 Å². The van der Waals surface area contributed by atoms with Crippen LogP contribution in [0.25, 0.3) is 0 Å². The van der Waals surface area contributed by atoms with E-state index in [9.17, 15) is 9.59 Å². The number of nitrogens with zero attached hydrogens (tertiary/aromatic N) is 1.